The molecule has 0 saturated carbocycles. The second-order valence-corrected chi connectivity index (χ2v) is 10.5. The number of amides is 2. The summed E-state index contributed by atoms with van der Waals surface area (Å²) >= 11 is 1.46. The zero-order valence-corrected chi connectivity index (χ0v) is 20.5. The largest absolute Gasteiger partial charge is 0.454 e. The molecule has 2 amide bonds. The molecule has 11 heteroatoms. The number of rotatable bonds is 5. The Labute approximate surface area is 208 Å². The molecule has 0 N–H and O–H groups in total. The van der Waals surface area contributed by atoms with E-state index >= 15 is 0 Å². The number of piperidine rings is 1. The fraction of sp³-hybridized carbons (Fsp3) is 0.583. The van der Waals surface area contributed by atoms with Gasteiger partial charge in [0.15, 0.2) is 11.5 Å². The van der Waals surface area contributed by atoms with Gasteiger partial charge in [0.25, 0.3) is 0 Å². The number of piperazine rings is 1. The van der Waals surface area contributed by atoms with Crippen LogP contribution in [0.3, 0.4) is 0 Å². The first-order chi connectivity index (χ1) is 17.1. The third-order valence-corrected chi connectivity index (χ3v) is 8.28. The molecule has 1 aromatic heterocycles. The molecule has 10 nitrogen and oxygen atoms in total. The molecule has 4 aliphatic rings. The molecular formula is C24H30N6O4S. The van der Waals surface area contributed by atoms with Crippen molar-refractivity contribution in [2.75, 3.05) is 62.4 Å². The Hall–Kier alpha value is -2.92. The van der Waals surface area contributed by atoms with Crippen LogP contribution in [-0.2, 0) is 16.1 Å². The summed E-state index contributed by atoms with van der Waals surface area (Å²) in [5.41, 5.74) is 1.20. The molecule has 186 valence electrons. The average Bonchev–Trinajstić information content (AvgIpc) is 3.65. The van der Waals surface area contributed by atoms with Gasteiger partial charge in [0.2, 0.25) is 28.9 Å². The first-order valence-corrected chi connectivity index (χ1v) is 13.2. The number of carbonyl (C=O) groups is 2. The highest BCUT2D eigenvalue weighted by Crippen LogP contribution is 2.34. The Morgan fingerprint density at radius 3 is 2.66 bits per heavy atom. The smallest absolute Gasteiger partial charge is 0.231 e. The number of benzene rings is 1. The SMILES string of the molecule is O=C(C1CCCN(c2nnc(N3CCCC3=O)s2)C1)N1CCN(Cc2ccc3c(c2)OCO3)CC1. The van der Waals surface area contributed by atoms with Gasteiger partial charge in [0.05, 0.1) is 5.92 Å². The molecule has 4 aliphatic heterocycles. The average molecular weight is 499 g/mol. The summed E-state index contributed by atoms with van der Waals surface area (Å²) in [6, 6.07) is 6.10. The van der Waals surface area contributed by atoms with E-state index in [1.807, 2.05) is 11.0 Å². The van der Waals surface area contributed by atoms with Gasteiger partial charge in [-0.1, -0.05) is 17.4 Å². The predicted molar refractivity (Wildman–Crippen MR) is 131 cm³/mol. The highest BCUT2D eigenvalue weighted by atomic mass is 32.1. The molecule has 3 saturated heterocycles. The van der Waals surface area contributed by atoms with Crippen molar-refractivity contribution in [2.45, 2.75) is 32.2 Å². The summed E-state index contributed by atoms with van der Waals surface area (Å²) in [6.45, 7) is 6.61. The normalized spacial score (nSPS) is 22.8. The molecule has 1 atom stereocenters. The molecule has 0 radical (unpaired) electrons. The first-order valence-electron chi connectivity index (χ1n) is 12.4. The molecule has 6 rings (SSSR count). The van der Waals surface area contributed by atoms with Gasteiger partial charge in [-0.05, 0) is 37.0 Å². The van der Waals surface area contributed by atoms with E-state index in [2.05, 4.69) is 32.1 Å². The van der Waals surface area contributed by atoms with Crippen molar-refractivity contribution < 1.29 is 19.1 Å². The molecule has 5 heterocycles. The van der Waals surface area contributed by atoms with E-state index in [0.29, 0.717) is 18.1 Å². The van der Waals surface area contributed by atoms with Crippen molar-refractivity contribution in [2.24, 2.45) is 5.92 Å². The lowest BCUT2D eigenvalue weighted by atomic mass is 9.96. The maximum absolute atomic E-state index is 13.3. The highest BCUT2D eigenvalue weighted by molar-refractivity contribution is 7.19. The van der Waals surface area contributed by atoms with Crippen LogP contribution in [0, 0.1) is 5.92 Å². The maximum Gasteiger partial charge on any atom is 0.231 e. The Balaban J connectivity index is 1.02. The predicted octanol–water partition coefficient (Wildman–Crippen LogP) is 1.95. The van der Waals surface area contributed by atoms with Gasteiger partial charge in [-0.3, -0.25) is 19.4 Å². The maximum atomic E-state index is 13.3. The molecular weight excluding hydrogens is 468 g/mol. The first kappa shape index (κ1) is 22.5. The Morgan fingerprint density at radius 1 is 1.00 bits per heavy atom. The van der Waals surface area contributed by atoms with E-state index in [4.69, 9.17) is 9.47 Å². The zero-order valence-electron chi connectivity index (χ0n) is 19.7. The monoisotopic (exact) mass is 498 g/mol. The lowest BCUT2D eigenvalue weighted by molar-refractivity contribution is -0.137. The topological polar surface area (TPSA) is 91.3 Å². The summed E-state index contributed by atoms with van der Waals surface area (Å²) in [4.78, 5) is 33.7. The minimum atomic E-state index is -0.0232. The number of carbonyl (C=O) groups excluding carboxylic acids is 2. The number of hydrogen-bond donors (Lipinski definition) is 0. The van der Waals surface area contributed by atoms with E-state index in [1.165, 1.54) is 16.9 Å². The van der Waals surface area contributed by atoms with Crippen LogP contribution < -0.4 is 19.3 Å². The van der Waals surface area contributed by atoms with Crippen LogP contribution >= 0.6 is 11.3 Å². The number of anilines is 2. The van der Waals surface area contributed by atoms with Crippen LogP contribution in [0.15, 0.2) is 18.2 Å². The van der Waals surface area contributed by atoms with Crippen LogP contribution in [0.5, 0.6) is 11.5 Å². The third kappa shape index (κ3) is 4.66. The molecule has 0 spiro atoms. The van der Waals surface area contributed by atoms with Crippen molar-refractivity contribution in [3.63, 3.8) is 0 Å². The number of fused-ring (bicyclic) bond motifs is 1. The summed E-state index contributed by atoms with van der Waals surface area (Å²) in [5, 5.41) is 10.1. The number of hydrogen-bond acceptors (Lipinski definition) is 9. The molecule has 3 fully saturated rings. The molecule has 2 aromatic rings. The second-order valence-electron chi connectivity index (χ2n) is 9.59. The zero-order chi connectivity index (χ0) is 23.8. The summed E-state index contributed by atoms with van der Waals surface area (Å²) < 4.78 is 10.9. The molecule has 0 bridgehead atoms. The Morgan fingerprint density at radius 2 is 1.83 bits per heavy atom. The molecule has 35 heavy (non-hydrogen) atoms. The summed E-state index contributed by atoms with van der Waals surface area (Å²) in [7, 11) is 0. The van der Waals surface area contributed by atoms with Crippen LogP contribution in [0.1, 0.15) is 31.2 Å². The van der Waals surface area contributed by atoms with Crippen molar-refractivity contribution in [1.29, 1.82) is 0 Å². The molecule has 1 aromatic carbocycles. The fourth-order valence-electron chi connectivity index (χ4n) is 5.33. The summed E-state index contributed by atoms with van der Waals surface area (Å²) in [6.07, 6.45) is 3.32. The van der Waals surface area contributed by atoms with Crippen molar-refractivity contribution in [3.05, 3.63) is 23.8 Å². The van der Waals surface area contributed by atoms with E-state index in [1.54, 1.807) is 4.90 Å². The van der Waals surface area contributed by atoms with Crippen LogP contribution in [0.25, 0.3) is 0 Å². The second kappa shape index (κ2) is 9.62. The molecule has 0 aliphatic carbocycles. The fourth-order valence-corrected chi connectivity index (χ4v) is 6.25. The Kier molecular flexibility index (Phi) is 6.19. The minimum Gasteiger partial charge on any atom is -0.454 e. The van der Waals surface area contributed by atoms with Gasteiger partial charge in [-0.25, -0.2) is 0 Å². The van der Waals surface area contributed by atoms with Gasteiger partial charge in [-0.15, -0.1) is 10.2 Å². The van der Waals surface area contributed by atoms with Crippen LogP contribution in [0.2, 0.25) is 0 Å². The van der Waals surface area contributed by atoms with E-state index in [-0.39, 0.29) is 24.5 Å². The van der Waals surface area contributed by atoms with E-state index in [0.717, 1.165) is 81.7 Å². The van der Waals surface area contributed by atoms with Crippen molar-refractivity contribution in [3.8, 4) is 11.5 Å². The van der Waals surface area contributed by atoms with Crippen LogP contribution in [0.4, 0.5) is 10.3 Å². The van der Waals surface area contributed by atoms with Gasteiger partial charge in [0.1, 0.15) is 0 Å². The lowest BCUT2D eigenvalue weighted by Crippen LogP contribution is -2.52. The van der Waals surface area contributed by atoms with E-state index < -0.39 is 0 Å². The summed E-state index contributed by atoms with van der Waals surface area (Å²) in [5.74, 6) is 1.96. The Bertz CT molecular complexity index is 1100. The highest BCUT2D eigenvalue weighted by Gasteiger charge is 2.33. The third-order valence-electron chi connectivity index (χ3n) is 7.28. The minimum absolute atomic E-state index is 0.0232. The van der Waals surface area contributed by atoms with Crippen LogP contribution in [-0.4, -0.2) is 84.4 Å². The van der Waals surface area contributed by atoms with Gasteiger partial charge >= 0.3 is 0 Å². The lowest BCUT2D eigenvalue weighted by Gasteiger charge is -2.39. The van der Waals surface area contributed by atoms with Gasteiger partial charge in [-0.2, -0.15) is 0 Å². The van der Waals surface area contributed by atoms with Gasteiger partial charge < -0.3 is 19.3 Å². The van der Waals surface area contributed by atoms with E-state index in [9.17, 15) is 9.59 Å². The van der Waals surface area contributed by atoms with Crippen molar-refractivity contribution >= 4 is 33.4 Å². The number of nitrogens with zero attached hydrogens (tertiary/aromatic N) is 6. The number of aromatic nitrogens is 2. The number of ether oxygens (including phenoxy) is 2. The van der Waals surface area contributed by atoms with Crippen molar-refractivity contribution in [1.82, 2.24) is 20.0 Å². The molecule has 1 unspecified atom stereocenters. The quantitative estimate of drug-likeness (QED) is 0.618. The standard InChI is InChI=1S/C24H30N6O4S/c31-21-4-2-8-30(21)24-26-25-23(35-24)29-7-1-3-18(15-29)22(32)28-11-9-27(10-12-28)14-17-5-6-19-20(13-17)34-16-33-19/h5-6,13,18H,1-4,7-12,14-16H2. The van der Waals surface area contributed by atoms with Gasteiger partial charge in [0, 0.05) is 58.8 Å².